The van der Waals surface area contributed by atoms with Crippen LogP contribution >= 0.6 is 0 Å². The summed E-state index contributed by atoms with van der Waals surface area (Å²) in [6.07, 6.45) is 2.12. The van der Waals surface area contributed by atoms with E-state index in [-0.39, 0.29) is 11.8 Å². The van der Waals surface area contributed by atoms with E-state index in [0.717, 1.165) is 18.4 Å². The van der Waals surface area contributed by atoms with Crippen molar-refractivity contribution in [3.8, 4) is 0 Å². The first-order valence-electron chi connectivity index (χ1n) is 6.30. The molecule has 18 heavy (non-hydrogen) atoms. The van der Waals surface area contributed by atoms with Gasteiger partial charge >= 0.3 is 5.97 Å². The molecule has 0 amide bonds. The van der Waals surface area contributed by atoms with Gasteiger partial charge in [-0.05, 0) is 49.9 Å². The van der Waals surface area contributed by atoms with E-state index in [4.69, 9.17) is 4.74 Å². The molecule has 0 radical (unpaired) electrons. The molecule has 4 heteroatoms. The summed E-state index contributed by atoms with van der Waals surface area (Å²) in [5, 5.41) is 3.22. The molecule has 0 saturated heterocycles. The summed E-state index contributed by atoms with van der Waals surface area (Å²) in [5.74, 6) is -0.666. The van der Waals surface area contributed by atoms with Crippen LogP contribution in [0.4, 0.5) is 4.39 Å². The molecule has 0 bridgehead atoms. The molecule has 1 aromatic rings. The first kappa shape index (κ1) is 13.0. The largest absolute Gasteiger partial charge is 0.465 e. The third-order valence-electron chi connectivity index (χ3n) is 3.05. The summed E-state index contributed by atoms with van der Waals surface area (Å²) < 4.78 is 18.4. The lowest BCUT2D eigenvalue weighted by Crippen LogP contribution is -2.32. The Morgan fingerprint density at radius 3 is 2.89 bits per heavy atom. The topological polar surface area (TPSA) is 38.3 Å². The third-order valence-corrected chi connectivity index (χ3v) is 3.05. The van der Waals surface area contributed by atoms with Crippen molar-refractivity contribution in [3.05, 3.63) is 35.1 Å². The molecule has 1 unspecified atom stereocenters. The molecule has 0 heterocycles. The van der Waals surface area contributed by atoms with Gasteiger partial charge in [0, 0.05) is 6.04 Å². The van der Waals surface area contributed by atoms with Gasteiger partial charge in [-0.3, -0.25) is 5.32 Å². The zero-order valence-corrected chi connectivity index (χ0v) is 10.7. The van der Waals surface area contributed by atoms with Crippen LogP contribution in [-0.2, 0) is 9.53 Å². The Labute approximate surface area is 106 Å². The molecule has 1 atom stereocenters. The highest BCUT2D eigenvalue weighted by molar-refractivity contribution is 5.78. The van der Waals surface area contributed by atoms with E-state index < -0.39 is 6.04 Å². The molecule has 3 nitrogen and oxygen atoms in total. The second kappa shape index (κ2) is 5.48. The van der Waals surface area contributed by atoms with Crippen molar-refractivity contribution in [1.82, 2.24) is 5.32 Å². The number of halogens is 1. The van der Waals surface area contributed by atoms with Gasteiger partial charge in [-0.25, -0.2) is 9.18 Å². The maximum atomic E-state index is 13.3. The number of esters is 1. The van der Waals surface area contributed by atoms with Crippen molar-refractivity contribution in [2.75, 3.05) is 6.61 Å². The highest BCUT2D eigenvalue weighted by atomic mass is 19.1. The van der Waals surface area contributed by atoms with Gasteiger partial charge in [0.15, 0.2) is 0 Å². The van der Waals surface area contributed by atoms with Gasteiger partial charge in [-0.1, -0.05) is 6.07 Å². The first-order valence-corrected chi connectivity index (χ1v) is 6.30. The maximum absolute atomic E-state index is 13.3. The Hall–Kier alpha value is -1.42. The third kappa shape index (κ3) is 3.07. The standard InChI is InChI=1S/C14H18FNO2/c1-3-18-14(17)13(16-11-6-7-11)12-8-10(15)5-4-9(12)2/h4-5,8,11,13,16H,3,6-7H2,1-2H3. The summed E-state index contributed by atoms with van der Waals surface area (Å²) in [6.45, 7) is 3.97. The van der Waals surface area contributed by atoms with E-state index in [2.05, 4.69) is 5.32 Å². The van der Waals surface area contributed by atoms with Gasteiger partial charge in [-0.15, -0.1) is 0 Å². The number of benzene rings is 1. The van der Waals surface area contributed by atoms with Gasteiger partial charge in [-0.2, -0.15) is 0 Å². The van der Waals surface area contributed by atoms with Crippen LogP contribution < -0.4 is 5.32 Å². The number of nitrogens with one attached hydrogen (secondary N) is 1. The summed E-state index contributed by atoms with van der Waals surface area (Å²) in [4.78, 5) is 12.0. The van der Waals surface area contributed by atoms with Gasteiger partial charge in [0.1, 0.15) is 11.9 Å². The molecule has 0 spiro atoms. The molecule has 1 aliphatic carbocycles. The number of carbonyl (C=O) groups excluding carboxylic acids is 1. The van der Waals surface area contributed by atoms with E-state index in [0.29, 0.717) is 18.2 Å². The van der Waals surface area contributed by atoms with E-state index in [1.54, 1.807) is 13.0 Å². The average Bonchev–Trinajstić information content (AvgIpc) is 3.14. The van der Waals surface area contributed by atoms with E-state index in [1.165, 1.54) is 12.1 Å². The van der Waals surface area contributed by atoms with Crippen LogP contribution in [0.15, 0.2) is 18.2 Å². The average molecular weight is 251 g/mol. The van der Waals surface area contributed by atoms with Gasteiger partial charge < -0.3 is 4.74 Å². The summed E-state index contributed by atoms with van der Waals surface area (Å²) >= 11 is 0. The van der Waals surface area contributed by atoms with Crippen LogP contribution in [-0.4, -0.2) is 18.6 Å². The van der Waals surface area contributed by atoms with Crippen molar-refractivity contribution in [2.24, 2.45) is 0 Å². The molecule has 2 rings (SSSR count). The van der Waals surface area contributed by atoms with Crippen LogP contribution in [0.2, 0.25) is 0 Å². The lowest BCUT2D eigenvalue weighted by Gasteiger charge is -2.19. The van der Waals surface area contributed by atoms with Crippen molar-refractivity contribution in [1.29, 1.82) is 0 Å². The Morgan fingerprint density at radius 1 is 1.56 bits per heavy atom. The number of ether oxygens (including phenoxy) is 1. The smallest absolute Gasteiger partial charge is 0.327 e. The maximum Gasteiger partial charge on any atom is 0.327 e. The Kier molecular flexibility index (Phi) is 3.97. The van der Waals surface area contributed by atoms with Gasteiger partial charge in [0.2, 0.25) is 0 Å². The molecule has 1 fully saturated rings. The van der Waals surface area contributed by atoms with Crippen molar-refractivity contribution >= 4 is 5.97 Å². The number of aryl methyl sites for hydroxylation is 1. The first-order chi connectivity index (χ1) is 8.61. The number of hydrogen-bond acceptors (Lipinski definition) is 3. The normalized spacial score (nSPS) is 16.4. The summed E-state index contributed by atoms with van der Waals surface area (Å²) in [5.41, 5.74) is 1.56. The van der Waals surface area contributed by atoms with Crippen molar-refractivity contribution < 1.29 is 13.9 Å². The van der Waals surface area contributed by atoms with Crippen LogP contribution in [0.5, 0.6) is 0 Å². The SMILES string of the molecule is CCOC(=O)C(NC1CC1)c1cc(F)ccc1C. The number of rotatable bonds is 5. The van der Waals surface area contributed by atoms with Crippen molar-refractivity contribution in [2.45, 2.75) is 38.8 Å². The summed E-state index contributed by atoms with van der Waals surface area (Å²) in [7, 11) is 0. The molecule has 1 saturated carbocycles. The number of carbonyl (C=O) groups is 1. The molecule has 98 valence electrons. The quantitative estimate of drug-likeness (QED) is 0.817. The second-order valence-electron chi connectivity index (χ2n) is 4.63. The number of hydrogen-bond donors (Lipinski definition) is 1. The van der Waals surface area contributed by atoms with E-state index in [1.807, 2.05) is 6.92 Å². The molecular formula is C14H18FNO2. The van der Waals surface area contributed by atoms with Crippen LogP contribution in [0.3, 0.4) is 0 Å². The van der Waals surface area contributed by atoms with Gasteiger partial charge in [0.25, 0.3) is 0 Å². The fourth-order valence-corrected chi connectivity index (χ4v) is 1.92. The summed E-state index contributed by atoms with van der Waals surface area (Å²) in [6, 6.07) is 4.28. The zero-order chi connectivity index (χ0) is 13.1. The van der Waals surface area contributed by atoms with Crippen LogP contribution in [0, 0.1) is 12.7 Å². The highest BCUT2D eigenvalue weighted by Crippen LogP contribution is 2.27. The van der Waals surface area contributed by atoms with E-state index >= 15 is 0 Å². The minimum atomic E-state index is -0.562. The molecule has 1 aliphatic rings. The zero-order valence-electron chi connectivity index (χ0n) is 10.7. The van der Waals surface area contributed by atoms with Crippen LogP contribution in [0.25, 0.3) is 0 Å². The molecule has 0 aromatic heterocycles. The molecule has 1 N–H and O–H groups in total. The Morgan fingerprint density at radius 2 is 2.28 bits per heavy atom. The van der Waals surface area contributed by atoms with Gasteiger partial charge in [0.05, 0.1) is 6.61 Å². The highest BCUT2D eigenvalue weighted by Gasteiger charge is 2.31. The predicted octanol–water partition coefficient (Wildman–Crippen LogP) is 2.49. The predicted molar refractivity (Wildman–Crippen MR) is 66.7 cm³/mol. The van der Waals surface area contributed by atoms with Crippen molar-refractivity contribution in [3.63, 3.8) is 0 Å². The Bertz CT molecular complexity index is 443. The minimum Gasteiger partial charge on any atom is -0.465 e. The second-order valence-corrected chi connectivity index (χ2v) is 4.63. The fraction of sp³-hybridized carbons (Fsp3) is 0.500. The molecule has 0 aliphatic heterocycles. The molecular weight excluding hydrogens is 233 g/mol. The lowest BCUT2D eigenvalue weighted by molar-refractivity contribution is -0.145. The Balaban J connectivity index is 2.25. The fourth-order valence-electron chi connectivity index (χ4n) is 1.92. The van der Waals surface area contributed by atoms with Crippen LogP contribution in [0.1, 0.15) is 36.9 Å². The molecule has 1 aromatic carbocycles. The monoisotopic (exact) mass is 251 g/mol. The minimum absolute atomic E-state index is 0.329. The van der Waals surface area contributed by atoms with E-state index in [9.17, 15) is 9.18 Å². The lowest BCUT2D eigenvalue weighted by atomic mass is 10.0.